The topological polar surface area (TPSA) is 169 Å². The Labute approximate surface area is 296 Å². The van der Waals surface area contributed by atoms with Crippen LogP contribution in [-0.2, 0) is 25.5 Å². The van der Waals surface area contributed by atoms with E-state index in [9.17, 15) is 20.0 Å². The maximum absolute atomic E-state index is 13.7. The van der Waals surface area contributed by atoms with Crippen LogP contribution in [-0.4, -0.2) is 97.1 Å². The number of amides is 1. The Morgan fingerprint density at radius 2 is 1.92 bits per heavy atom. The predicted octanol–water partition coefficient (Wildman–Crippen LogP) is 3.06. The number of carbonyl (C=O) groups excluding carboxylic acids is 2. The van der Waals surface area contributed by atoms with E-state index in [4.69, 9.17) is 29.4 Å². The van der Waals surface area contributed by atoms with Crippen LogP contribution in [0.1, 0.15) is 70.1 Å². The SMILES string of the molecule is COCOc1c(C)c(C)cc2c1[C@@H]1C3[C@@H]4SCC(NC(=O)C(N)C(C)C)C(=O)OC[C@@H](c5c6c(c(C)c(O)c54)OCO6)N3[C@@H](C#N)[C@H](C2)N1C. The molecule has 7 rings (SSSR count). The highest BCUT2D eigenvalue weighted by Gasteiger charge is 2.60. The summed E-state index contributed by atoms with van der Waals surface area (Å²) in [5.41, 5.74) is 12.2. The number of nitrogens with two attached hydrogens (primary N) is 1. The number of piperazine rings is 1. The number of ether oxygens (including phenoxy) is 5. The first kappa shape index (κ1) is 34.7. The standard InChI is InChI=1S/C36H45N5O8S/c1-15(2)27(38)35(43)39-20-12-50-34-26-25(33-32(48-14-49-33)18(5)30(26)42)23(11-46-36(20)44)41-22(10-37)21-9-19-8-16(3)17(4)31(47-13-45-7)24(19)28(29(34)41)40(21)6/h8,15,20-23,27-29,34,42H,9,11-14,38H2,1-7H3,(H,39,43)/t20?,21-,22-,23-,27?,28+,29?,34+/m0/s1. The van der Waals surface area contributed by atoms with E-state index < -0.39 is 47.3 Å². The molecule has 0 aliphatic carbocycles. The minimum atomic E-state index is -0.990. The zero-order chi connectivity index (χ0) is 35.8. The molecule has 2 fully saturated rings. The number of aryl methyl sites for hydroxylation is 1. The number of hydrogen-bond donors (Lipinski definition) is 3. The molecule has 14 heteroatoms. The molecule has 3 unspecified atom stereocenters. The maximum Gasteiger partial charge on any atom is 0.329 e. The Bertz CT molecular complexity index is 1780. The number of rotatable bonds is 6. The second-order valence-corrected chi connectivity index (χ2v) is 15.4. The monoisotopic (exact) mass is 707 g/mol. The number of thioether (sulfide) groups is 1. The largest absolute Gasteiger partial charge is 0.507 e. The molecule has 50 heavy (non-hydrogen) atoms. The second-order valence-electron chi connectivity index (χ2n) is 14.3. The van der Waals surface area contributed by atoms with Crippen molar-refractivity contribution in [2.75, 3.05) is 40.1 Å². The molecule has 0 saturated carbocycles. The molecular weight excluding hydrogens is 662 g/mol. The first-order valence-corrected chi connectivity index (χ1v) is 18.1. The van der Waals surface area contributed by atoms with Crippen LogP contribution in [0.3, 0.4) is 0 Å². The van der Waals surface area contributed by atoms with Gasteiger partial charge in [0.25, 0.3) is 0 Å². The normalized spacial score (nSPS) is 29.0. The lowest BCUT2D eigenvalue weighted by Crippen LogP contribution is -2.69. The Kier molecular flexibility index (Phi) is 9.09. The van der Waals surface area contributed by atoms with Crippen molar-refractivity contribution in [1.29, 1.82) is 5.26 Å². The molecule has 5 aliphatic heterocycles. The number of phenols is 1. The Hall–Kier alpha value is -3.74. The van der Waals surface area contributed by atoms with Gasteiger partial charge in [-0.3, -0.25) is 14.6 Å². The fourth-order valence-corrected chi connectivity index (χ4v) is 10.0. The third kappa shape index (κ3) is 5.20. The van der Waals surface area contributed by atoms with Crippen LogP contribution in [0.2, 0.25) is 0 Å². The van der Waals surface area contributed by atoms with Crippen LogP contribution in [0, 0.1) is 38.0 Å². The number of carbonyl (C=O) groups is 2. The number of methoxy groups -OCH3 is 1. The van der Waals surface area contributed by atoms with E-state index in [0.29, 0.717) is 34.6 Å². The van der Waals surface area contributed by atoms with Crippen molar-refractivity contribution < 1.29 is 38.4 Å². The molecule has 5 heterocycles. The molecule has 2 aromatic carbocycles. The summed E-state index contributed by atoms with van der Waals surface area (Å²) in [5.74, 6) is 0.718. The number of aromatic hydroxyl groups is 1. The van der Waals surface area contributed by atoms with Gasteiger partial charge in [0, 0.05) is 47.2 Å². The highest BCUT2D eigenvalue weighted by Crippen LogP contribution is 2.63. The van der Waals surface area contributed by atoms with Crippen LogP contribution < -0.4 is 25.3 Å². The average molecular weight is 708 g/mol. The van der Waals surface area contributed by atoms with Gasteiger partial charge in [0.05, 0.1) is 29.4 Å². The molecule has 8 atom stereocenters. The number of fused-ring (bicyclic) bond motifs is 9. The van der Waals surface area contributed by atoms with Gasteiger partial charge in [-0.2, -0.15) is 5.26 Å². The molecule has 0 aromatic heterocycles. The number of esters is 1. The van der Waals surface area contributed by atoms with Crippen molar-refractivity contribution in [3.05, 3.63) is 45.0 Å². The van der Waals surface area contributed by atoms with Gasteiger partial charge in [-0.15, -0.1) is 11.8 Å². The Morgan fingerprint density at radius 1 is 1.18 bits per heavy atom. The average Bonchev–Trinajstić information content (AvgIpc) is 3.58. The van der Waals surface area contributed by atoms with E-state index in [1.807, 2.05) is 20.8 Å². The summed E-state index contributed by atoms with van der Waals surface area (Å²) in [4.78, 5) is 31.3. The highest BCUT2D eigenvalue weighted by molar-refractivity contribution is 7.99. The molecule has 0 radical (unpaired) electrons. The fourth-order valence-electron chi connectivity index (χ4n) is 8.53. The van der Waals surface area contributed by atoms with Crippen molar-refractivity contribution in [3.8, 4) is 29.1 Å². The van der Waals surface area contributed by atoms with Crippen molar-refractivity contribution in [1.82, 2.24) is 15.1 Å². The summed E-state index contributed by atoms with van der Waals surface area (Å²) < 4.78 is 29.8. The smallest absolute Gasteiger partial charge is 0.329 e. The van der Waals surface area contributed by atoms with Crippen LogP contribution in [0.5, 0.6) is 23.0 Å². The van der Waals surface area contributed by atoms with Gasteiger partial charge < -0.3 is 39.8 Å². The van der Waals surface area contributed by atoms with Gasteiger partial charge in [-0.1, -0.05) is 19.9 Å². The third-order valence-corrected chi connectivity index (χ3v) is 12.6. The zero-order valence-corrected chi connectivity index (χ0v) is 30.3. The molecule has 268 valence electrons. The van der Waals surface area contributed by atoms with E-state index >= 15 is 0 Å². The number of nitrogens with zero attached hydrogens (tertiary/aromatic N) is 3. The highest BCUT2D eigenvalue weighted by atomic mass is 32.2. The first-order chi connectivity index (χ1) is 23.9. The van der Waals surface area contributed by atoms with Crippen molar-refractivity contribution in [2.24, 2.45) is 11.7 Å². The number of likely N-dealkylation sites (N-methyl/N-ethyl adjacent to an activating group) is 1. The molecule has 2 saturated heterocycles. The van der Waals surface area contributed by atoms with E-state index in [-0.39, 0.29) is 49.7 Å². The summed E-state index contributed by atoms with van der Waals surface area (Å²) in [7, 11) is 3.64. The summed E-state index contributed by atoms with van der Waals surface area (Å²) in [5, 5.41) is 25.4. The molecule has 5 aliphatic rings. The molecular formula is C36H45N5O8S. The van der Waals surface area contributed by atoms with E-state index in [0.717, 1.165) is 28.0 Å². The quantitative estimate of drug-likeness (QED) is 0.296. The number of benzene rings is 2. The van der Waals surface area contributed by atoms with Crippen LogP contribution >= 0.6 is 11.8 Å². The maximum atomic E-state index is 13.7. The van der Waals surface area contributed by atoms with Crippen molar-refractivity contribution in [3.63, 3.8) is 0 Å². The number of hydrogen-bond acceptors (Lipinski definition) is 13. The number of phenolic OH excluding ortho intramolecular Hbond substituents is 1. The van der Waals surface area contributed by atoms with Gasteiger partial charge in [0.2, 0.25) is 12.7 Å². The Morgan fingerprint density at radius 3 is 2.62 bits per heavy atom. The van der Waals surface area contributed by atoms with Gasteiger partial charge in [-0.05, 0) is 56.8 Å². The van der Waals surface area contributed by atoms with Crippen molar-refractivity contribution in [2.45, 2.75) is 88.6 Å². The van der Waals surface area contributed by atoms with Gasteiger partial charge >= 0.3 is 5.97 Å². The van der Waals surface area contributed by atoms with E-state index in [2.05, 4.69) is 41.2 Å². The van der Waals surface area contributed by atoms with Crippen LogP contribution in [0.4, 0.5) is 0 Å². The molecule has 13 nitrogen and oxygen atoms in total. The minimum absolute atomic E-state index is 0.0219. The lowest BCUT2D eigenvalue weighted by atomic mass is 9.71. The molecule has 1 amide bonds. The lowest BCUT2D eigenvalue weighted by molar-refractivity contribution is -0.152. The molecule has 2 aromatic rings. The van der Waals surface area contributed by atoms with Crippen molar-refractivity contribution >= 4 is 23.6 Å². The fraction of sp³-hybridized carbons (Fsp3) is 0.583. The second kappa shape index (κ2) is 13.1. The summed E-state index contributed by atoms with van der Waals surface area (Å²) in [6.07, 6.45) is 0.604. The molecule has 4 bridgehead atoms. The Balaban J connectivity index is 1.45. The van der Waals surface area contributed by atoms with E-state index in [1.54, 1.807) is 14.0 Å². The molecule has 4 N–H and O–H groups in total. The molecule has 0 spiro atoms. The van der Waals surface area contributed by atoms with Gasteiger partial charge in [-0.25, -0.2) is 4.79 Å². The van der Waals surface area contributed by atoms with Crippen LogP contribution in [0.25, 0.3) is 0 Å². The number of nitriles is 1. The van der Waals surface area contributed by atoms with E-state index in [1.165, 1.54) is 11.8 Å². The third-order valence-electron chi connectivity index (χ3n) is 11.2. The number of cyclic esters (lactones) is 1. The summed E-state index contributed by atoms with van der Waals surface area (Å²) in [6, 6.07) is 0.844. The lowest BCUT2D eigenvalue weighted by Gasteiger charge is -2.62. The predicted molar refractivity (Wildman–Crippen MR) is 184 cm³/mol. The summed E-state index contributed by atoms with van der Waals surface area (Å²) >= 11 is 1.44. The number of nitrogens with one attached hydrogen (secondary N) is 1. The van der Waals surface area contributed by atoms with Gasteiger partial charge in [0.15, 0.2) is 18.3 Å². The first-order valence-electron chi connectivity index (χ1n) is 17.0. The zero-order valence-electron chi connectivity index (χ0n) is 29.4. The summed E-state index contributed by atoms with van der Waals surface area (Å²) in [6.45, 7) is 9.49. The van der Waals surface area contributed by atoms with Gasteiger partial charge in [0.1, 0.15) is 30.2 Å². The van der Waals surface area contributed by atoms with Crippen LogP contribution in [0.15, 0.2) is 6.07 Å². The minimum Gasteiger partial charge on any atom is -0.507 e.